The molecular formula is C28H20ClF5N4O. The Balaban J connectivity index is 1.35. The molecule has 2 fully saturated rings. The van der Waals surface area contributed by atoms with Gasteiger partial charge in [0.15, 0.2) is 23.3 Å². The topological polar surface area (TPSA) is 58.1 Å². The Kier molecular flexibility index (Phi) is 6.37. The fourth-order valence-electron chi connectivity index (χ4n) is 4.52. The van der Waals surface area contributed by atoms with Crippen LogP contribution in [0.4, 0.5) is 27.8 Å². The molecule has 1 amide bonds. The minimum Gasteiger partial charge on any atom is -0.367 e. The third kappa shape index (κ3) is 4.78. The van der Waals surface area contributed by atoms with Crippen molar-refractivity contribution in [2.75, 3.05) is 5.32 Å². The SMILES string of the molecule is O=C(c1c(F)c(F)c(F)c(F)c1F)N(Cc1cc(-c2ccc3ncnc(NC4CC4)c3c2)ccc1Cl)C1CC1. The molecule has 0 unspecified atom stereocenters. The third-order valence-corrected chi connectivity index (χ3v) is 7.31. The lowest BCUT2D eigenvalue weighted by molar-refractivity contribution is 0.0716. The van der Waals surface area contributed by atoms with Crippen molar-refractivity contribution >= 4 is 34.2 Å². The number of carbonyl (C=O) groups is 1. The average molecular weight is 559 g/mol. The first-order valence-electron chi connectivity index (χ1n) is 12.4. The summed E-state index contributed by atoms with van der Waals surface area (Å²) in [6, 6.07) is 10.8. The highest BCUT2D eigenvalue weighted by molar-refractivity contribution is 6.31. The molecule has 6 rings (SSSR count). The van der Waals surface area contributed by atoms with Crippen LogP contribution in [0.3, 0.4) is 0 Å². The quantitative estimate of drug-likeness (QED) is 0.150. The number of hydrogen-bond donors (Lipinski definition) is 1. The second kappa shape index (κ2) is 9.75. The number of anilines is 1. The molecule has 0 bridgehead atoms. The molecular weight excluding hydrogens is 539 g/mol. The Labute approximate surface area is 224 Å². The van der Waals surface area contributed by atoms with E-state index in [1.54, 1.807) is 18.2 Å². The zero-order chi connectivity index (χ0) is 27.4. The third-order valence-electron chi connectivity index (χ3n) is 6.95. The van der Waals surface area contributed by atoms with Crippen LogP contribution in [0.15, 0.2) is 42.7 Å². The lowest BCUT2D eigenvalue weighted by Gasteiger charge is -2.24. The summed E-state index contributed by atoms with van der Waals surface area (Å²) < 4.78 is 70.1. The number of halogens is 6. The highest BCUT2D eigenvalue weighted by atomic mass is 35.5. The molecule has 1 heterocycles. The van der Waals surface area contributed by atoms with Gasteiger partial charge in [-0.25, -0.2) is 31.9 Å². The van der Waals surface area contributed by atoms with E-state index in [9.17, 15) is 26.7 Å². The van der Waals surface area contributed by atoms with E-state index in [4.69, 9.17) is 11.6 Å². The van der Waals surface area contributed by atoms with Gasteiger partial charge in [0.05, 0.1) is 5.52 Å². The van der Waals surface area contributed by atoms with Crippen molar-refractivity contribution in [2.24, 2.45) is 0 Å². The van der Waals surface area contributed by atoms with Crippen LogP contribution in [-0.4, -0.2) is 32.9 Å². The molecule has 3 aromatic carbocycles. The molecule has 0 radical (unpaired) electrons. The largest absolute Gasteiger partial charge is 0.367 e. The van der Waals surface area contributed by atoms with Gasteiger partial charge < -0.3 is 10.2 Å². The maximum absolute atomic E-state index is 14.4. The fourth-order valence-corrected chi connectivity index (χ4v) is 4.70. The summed E-state index contributed by atoms with van der Waals surface area (Å²) in [6.07, 6.45) is 4.71. The van der Waals surface area contributed by atoms with Crippen molar-refractivity contribution in [1.82, 2.24) is 14.9 Å². The number of fused-ring (bicyclic) bond motifs is 1. The fraction of sp³-hybridized carbons (Fsp3) is 0.250. The molecule has 11 heteroatoms. The Hall–Kier alpha value is -3.79. The van der Waals surface area contributed by atoms with Gasteiger partial charge >= 0.3 is 0 Å². The van der Waals surface area contributed by atoms with Gasteiger partial charge in [0.25, 0.3) is 5.91 Å². The zero-order valence-electron chi connectivity index (χ0n) is 20.2. The van der Waals surface area contributed by atoms with Crippen LogP contribution in [0.25, 0.3) is 22.0 Å². The molecule has 0 atom stereocenters. The lowest BCUT2D eigenvalue weighted by Crippen LogP contribution is -2.34. The van der Waals surface area contributed by atoms with Gasteiger partial charge in [0.1, 0.15) is 17.7 Å². The summed E-state index contributed by atoms with van der Waals surface area (Å²) in [6.45, 7) is -0.180. The molecule has 0 spiro atoms. The van der Waals surface area contributed by atoms with Crippen LogP contribution in [-0.2, 0) is 6.54 Å². The number of aromatic nitrogens is 2. The number of nitrogens with one attached hydrogen (secondary N) is 1. The number of nitrogens with zero attached hydrogens (tertiary/aromatic N) is 3. The molecule has 0 saturated heterocycles. The predicted octanol–water partition coefficient (Wildman–Crippen LogP) is 7.02. The lowest BCUT2D eigenvalue weighted by atomic mass is 10.0. The summed E-state index contributed by atoms with van der Waals surface area (Å²) in [5.74, 6) is -11.5. The average Bonchev–Trinajstić information content (AvgIpc) is 3.86. The normalized spacial score (nSPS) is 15.0. The van der Waals surface area contributed by atoms with Crippen molar-refractivity contribution in [1.29, 1.82) is 0 Å². The number of hydrogen-bond acceptors (Lipinski definition) is 4. The standard InChI is InChI=1S/C28H20ClF5N4O/c29-19-7-1-13(14-2-8-20-18(10-14)27(36-12-35-20)37-16-3-4-16)9-15(19)11-38(17-5-6-17)28(39)21-22(30)24(32)26(34)25(33)23(21)31/h1-2,7-10,12,16-17H,3-6,11H2,(H,35,36,37). The van der Waals surface area contributed by atoms with Gasteiger partial charge in [-0.05, 0) is 66.6 Å². The first-order valence-corrected chi connectivity index (χ1v) is 12.7. The van der Waals surface area contributed by atoms with E-state index in [2.05, 4.69) is 15.3 Å². The smallest absolute Gasteiger partial charge is 0.260 e. The second-order valence-corrected chi connectivity index (χ2v) is 10.2. The van der Waals surface area contributed by atoms with E-state index in [-0.39, 0.29) is 11.6 Å². The predicted molar refractivity (Wildman–Crippen MR) is 136 cm³/mol. The number of carbonyl (C=O) groups excluding carboxylic acids is 1. The highest BCUT2D eigenvalue weighted by Crippen LogP contribution is 2.36. The number of rotatable bonds is 7. The van der Waals surface area contributed by atoms with E-state index in [1.165, 1.54) is 6.33 Å². The highest BCUT2D eigenvalue weighted by Gasteiger charge is 2.38. The van der Waals surface area contributed by atoms with Gasteiger partial charge in [-0.1, -0.05) is 23.7 Å². The molecule has 200 valence electrons. The molecule has 1 N–H and O–H groups in total. The van der Waals surface area contributed by atoms with E-state index >= 15 is 0 Å². The van der Waals surface area contributed by atoms with Crippen LogP contribution in [0.5, 0.6) is 0 Å². The van der Waals surface area contributed by atoms with Gasteiger partial charge in [-0.2, -0.15) is 0 Å². The van der Waals surface area contributed by atoms with Crippen LogP contribution < -0.4 is 5.32 Å². The van der Waals surface area contributed by atoms with Crippen LogP contribution in [0.2, 0.25) is 5.02 Å². The molecule has 4 aromatic rings. The maximum Gasteiger partial charge on any atom is 0.260 e. The minimum atomic E-state index is -2.31. The van der Waals surface area contributed by atoms with E-state index in [0.29, 0.717) is 24.4 Å². The van der Waals surface area contributed by atoms with Crippen molar-refractivity contribution in [2.45, 2.75) is 44.3 Å². The monoisotopic (exact) mass is 558 g/mol. The summed E-state index contributed by atoms with van der Waals surface area (Å²) in [5.41, 5.74) is 1.31. The van der Waals surface area contributed by atoms with Crippen LogP contribution in [0, 0.1) is 29.1 Å². The summed E-state index contributed by atoms with van der Waals surface area (Å²) >= 11 is 6.44. The molecule has 39 heavy (non-hydrogen) atoms. The van der Waals surface area contributed by atoms with Gasteiger partial charge in [-0.3, -0.25) is 4.79 Å². The van der Waals surface area contributed by atoms with E-state index in [1.807, 2.05) is 18.2 Å². The van der Waals surface area contributed by atoms with Gasteiger partial charge in [0.2, 0.25) is 5.82 Å². The molecule has 2 aliphatic carbocycles. The van der Waals surface area contributed by atoms with Crippen molar-refractivity contribution in [3.8, 4) is 11.1 Å². The van der Waals surface area contributed by atoms with E-state index < -0.39 is 46.6 Å². The maximum atomic E-state index is 14.4. The Morgan fingerprint density at radius 2 is 1.51 bits per heavy atom. The van der Waals surface area contributed by atoms with Crippen molar-refractivity contribution in [3.05, 3.63) is 88.0 Å². The van der Waals surface area contributed by atoms with Gasteiger partial charge in [-0.15, -0.1) is 0 Å². The first kappa shape index (κ1) is 25.5. The first-order chi connectivity index (χ1) is 18.7. The summed E-state index contributed by atoms with van der Waals surface area (Å²) in [7, 11) is 0. The molecule has 2 aliphatic rings. The Morgan fingerprint density at radius 3 is 2.18 bits per heavy atom. The second-order valence-electron chi connectivity index (χ2n) is 9.79. The zero-order valence-corrected chi connectivity index (χ0v) is 21.0. The molecule has 5 nitrogen and oxygen atoms in total. The van der Waals surface area contributed by atoms with E-state index in [0.717, 1.165) is 45.6 Å². The molecule has 1 aromatic heterocycles. The van der Waals surface area contributed by atoms with Gasteiger partial charge in [0, 0.05) is 29.0 Å². The van der Waals surface area contributed by atoms with Crippen LogP contribution in [0.1, 0.15) is 41.6 Å². The minimum absolute atomic E-state index is 0.180. The molecule has 2 saturated carbocycles. The summed E-state index contributed by atoms with van der Waals surface area (Å²) in [4.78, 5) is 23.0. The van der Waals surface area contributed by atoms with Crippen molar-refractivity contribution in [3.63, 3.8) is 0 Å². The Morgan fingerprint density at radius 1 is 0.872 bits per heavy atom. The number of amides is 1. The molecule has 0 aliphatic heterocycles. The number of benzene rings is 3. The van der Waals surface area contributed by atoms with Crippen LogP contribution >= 0.6 is 11.6 Å². The van der Waals surface area contributed by atoms with Crippen molar-refractivity contribution < 1.29 is 26.7 Å². The summed E-state index contributed by atoms with van der Waals surface area (Å²) in [5, 5.41) is 4.52. The Bertz CT molecular complexity index is 1610.